The average Bonchev–Trinajstić information content (AvgIpc) is 2.68. The summed E-state index contributed by atoms with van der Waals surface area (Å²) in [6.07, 6.45) is 3.47. The summed E-state index contributed by atoms with van der Waals surface area (Å²) < 4.78 is 5.41. The van der Waals surface area contributed by atoms with Crippen LogP contribution in [-0.2, 0) is 13.1 Å². The van der Waals surface area contributed by atoms with Crippen LogP contribution in [0.3, 0.4) is 0 Å². The number of rotatable bonds is 5. The van der Waals surface area contributed by atoms with Gasteiger partial charge in [0.05, 0.1) is 7.11 Å². The lowest BCUT2D eigenvalue weighted by Crippen LogP contribution is -2.51. The van der Waals surface area contributed by atoms with E-state index in [4.69, 9.17) is 4.74 Å². The maximum absolute atomic E-state index is 12.3. The van der Waals surface area contributed by atoms with Crippen LogP contribution in [0.2, 0.25) is 0 Å². The van der Waals surface area contributed by atoms with Crippen LogP contribution in [0.25, 0.3) is 0 Å². The Morgan fingerprint density at radius 2 is 1.84 bits per heavy atom. The van der Waals surface area contributed by atoms with Gasteiger partial charge in [0.2, 0.25) is 0 Å². The molecular weight excluding hydrogens is 316 g/mol. The van der Waals surface area contributed by atoms with Gasteiger partial charge in [-0.3, -0.25) is 9.88 Å². The standard InChI is InChI=1S/C19H24N4O2/c1-25-18-5-3-2-4-17(18)15-22-10-12-23(13-11-22)19(24)21-14-16-6-8-20-9-7-16/h2-9H,10-15H2,1H3,(H,21,24). The molecule has 1 saturated heterocycles. The van der Waals surface area contributed by atoms with Crippen LogP contribution in [0.4, 0.5) is 4.79 Å². The maximum atomic E-state index is 12.3. The maximum Gasteiger partial charge on any atom is 0.317 e. The number of carbonyl (C=O) groups excluding carboxylic acids is 1. The van der Waals surface area contributed by atoms with Gasteiger partial charge in [-0.15, -0.1) is 0 Å². The van der Waals surface area contributed by atoms with E-state index in [1.54, 1.807) is 19.5 Å². The lowest BCUT2D eigenvalue weighted by Gasteiger charge is -2.34. The lowest BCUT2D eigenvalue weighted by molar-refractivity contribution is 0.134. The highest BCUT2D eigenvalue weighted by Gasteiger charge is 2.21. The third-order valence-corrected chi connectivity index (χ3v) is 4.44. The monoisotopic (exact) mass is 340 g/mol. The Balaban J connectivity index is 1.46. The van der Waals surface area contributed by atoms with E-state index in [1.165, 1.54) is 5.56 Å². The number of amides is 2. The van der Waals surface area contributed by atoms with Gasteiger partial charge in [0.1, 0.15) is 5.75 Å². The number of hydrogen-bond acceptors (Lipinski definition) is 4. The molecule has 1 N–H and O–H groups in total. The summed E-state index contributed by atoms with van der Waals surface area (Å²) in [5.74, 6) is 0.917. The fourth-order valence-electron chi connectivity index (χ4n) is 2.97. The van der Waals surface area contributed by atoms with Crippen LogP contribution < -0.4 is 10.1 Å². The van der Waals surface area contributed by atoms with E-state index >= 15 is 0 Å². The van der Waals surface area contributed by atoms with Crippen LogP contribution in [0.5, 0.6) is 5.75 Å². The number of nitrogens with one attached hydrogen (secondary N) is 1. The Morgan fingerprint density at radius 1 is 1.12 bits per heavy atom. The van der Waals surface area contributed by atoms with Gasteiger partial charge in [-0.25, -0.2) is 4.79 Å². The smallest absolute Gasteiger partial charge is 0.317 e. The third kappa shape index (κ3) is 4.70. The van der Waals surface area contributed by atoms with Crippen molar-refractivity contribution in [1.29, 1.82) is 0 Å². The minimum absolute atomic E-state index is 0.00578. The number of benzene rings is 1. The second kappa shape index (κ2) is 8.48. The molecule has 0 unspecified atom stereocenters. The topological polar surface area (TPSA) is 57.7 Å². The van der Waals surface area contributed by atoms with E-state index in [1.807, 2.05) is 35.2 Å². The highest BCUT2D eigenvalue weighted by Crippen LogP contribution is 2.19. The molecule has 0 radical (unpaired) electrons. The first-order chi connectivity index (χ1) is 12.3. The predicted octanol–water partition coefficient (Wildman–Crippen LogP) is 2.12. The molecule has 0 saturated carbocycles. The zero-order chi connectivity index (χ0) is 17.5. The molecule has 1 fully saturated rings. The Kier molecular flexibility index (Phi) is 5.85. The summed E-state index contributed by atoms with van der Waals surface area (Å²) in [4.78, 5) is 20.5. The van der Waals surface area contributed by atoms with Gasteiger partial charge in [-0.1, -0.05) is 18.2 Å². The van der Waals surface area contributed by atoms with E-state index in [0.717, 1.165) is 44.0 Å². The second-order valence-corrected chi connectivity index (χ2v) is 6.09. The van der Waals surface area contributed by atoms with Crippen LogP contribution >= 0.6 is 0 Å². The summed E-state index contributed by atoms with van der Waals surface area (Å²) in [7, 11) is 1.70. The Morgan fingerprint density at radius 3 is 2.56 bits per heavy atom. The second-order valence-electron chi connectivity index (χ2n) is 6.09. The van der Waals surface area contributed by atoms with E-state index in [9.17, 15) is 4.79 Å². The number of piperazine rings is 1. The summed E-state index contributed by atoms with van der Waals surface area (Å²) in [6, 6.07) is 11.9. The molecule has 2 aromatic rings. The Labute approximate surface area is 148 Å². The molecule has 1 aliphatic rings. The minimum Gasteiger partial charge on any atom is -0.496 e. The van der Waals surface area contributed by atoms with Crippen molar-refractivity contribution in [1.82, 2.24) is 20.1 Å². The molecule has 6 heteroatoms. The van der Waals surface area contributed by atoms with E-state index in [0.29, 0.717) is 6.54 Å². The molecule has 0 aliphatic carbocycles. The first-order valence-electron chi connectivity index (χ1n) is 8.52. The number of nitrogens with zero attached hydrogens (tertiary/aromatic N) is 3. The van der Waals surface area contributed by atoms with E-state index in [-0.39, 0.29) is 6.03 Å². The third-order valence-electron chi connectivity index (χ3n) is 4.44. The minimum atomic E-state index is -0.00578. The number of carbonyl (C=O) groups is 1. The number of pyridine rings is 1. The molecule has 2 heterocycles. The molecular formula is C19H24N4O2. The summed E-state index contributed by atoms with van der Waals surface area (Å²) in [5, 5.41) is 2.97. The molecule has 2 amide bonds. The van der Waals surface area contributed by atoms with Crippen molar-refractivity contribution in [3.8, 4) is 5.75 Å². The van der Waals surface area contributed by atoms with Crippen molar-refractivity contribution in [3.05, 3.63) is 59.9 Å². The van der Waals surface area contributed by atoms with Gasteiger partial charge in [-0.05, 0) is 23.8 Å². The number of para-hydroxylation sites is 1. The summed E-state index contributed by atoms with van der Waals surface area (Å²) in [5.41, 5.74) is 2.23. The fraction of sp³-hybridized carbons (Fsp3) is 0.368. The molecule has 25 heavy (non-hydrogen) atoms. The predicted molar refractivity (Wildman–Crippen MR) is 96.3 cm³/mol. The van der Waals surface area contributed by atoms with Gasteiger partial charge >= 0.3 is 6.03 Å². The number of hydrogen-bond donors (Lipinski definition) is 1. The largest absolute Gasteiger partial charge is 0.496 e. The van der Waals surface area contributed by atoms with Gasteiger partial charge in [0, 0.05) is 57.2 Å². The fourth-order valence-corrected chi connectivity index (χ4v) is 2.97. The first-order valence-corrected chi connectivity index (χ1v) is 8.52. The number of methoxy groups -OCH3 is 1. The van der Waals surface area contributed by atoms with Crippen molar-refractivity contribution < 1.29 is 9.53 Å². The highest BCUT2D eigenvalue weighted by atomic mass is 16.5. The lowest BCUT2D eigenvalue weighted by atomic mass is 10.1. The van der Waals surface area contributed by atoms with Crippen molar-refractivity contribution in [3.63, 3.8) is 0 Å². The molecule has 6 nitrogen and oxygen atoms in total. The molecule has 0 atom stereocenters. The SMILES string of the molecule is COc1ccccc1CN1CCN(C(=O)NCc2ccncc2)CC1. The number of urea groups is 1. The molecule has 0 bridgehead atoms. The van der Waals surface area contributed by atoms with Crippen LogP contribution in [0.1, 0.15) is 11.1 Å². The zero-order valence-corrected chi connectivity index (χ0v) is 14.5. The van der Waals surface area contributed by atoms with Crippen LogP contribution in [-0.4, -0.2) is 54.1 Å². The normalized spacial score (nSPS) is 15.0. The van der Waals surface area contributed by atoms with E-state index in [2.05, 4.69) is 21.3 Å². The van der Waals surface area contributed by atoms with Crippen molar-refractivity contribution in [2.45, 2.75) is 13.1 Å². The van der Waals surface area contributed by atoms with Gasteiger partial charge in [0.25, 0.3) is 0 Å². The Hall–Kier alpha value is -2.60. The highest BCUT2D eigenvalue weighted by molar-refractivity contribution is 5.74. The molecule has 1 aliphatic heterocycles. The van der Waals surface area contributed by atoms with E-state index < -0.39 is 0 Å². The summed E-state index contributed by atoms with van der Waals surface area (Å²) >= 11 is 0. The number of aromatic nitrogens is 1. The average molecular weight is 340 g/mol. The Bertz CT molecular complexity index is 685. The van der Waals surface area contributed by atoms with Crippen molar-refractivity contribution in [2.24, 2.45) is 0 Å². The van der Waals surface area contributed by atoms with Gasteiger partial charge < -0.3 is 15.0 Å². The zero-order valence-electron chi connectivity index (χ0n) is 14.5. The molecule has 0 spiro atoms. The van der Waals surface area contributed by atoms with Crippen molar-refractivity contribution in [2.75, 3.05) is 33.3 Å². The van der Waals surface area contributed by atoms with Crippen LogP contribution in [0, 0.1) is 0 Å². The van der Waals surface area contributed by atoms with Gasteiger partial charge in [0.15, 0.2) is 0 Å². The van der Waals surface area contributed by atoms with Gasteiger partial charge in [-0.2, -0.15) is 0 Å². The van der Waals surface area contributed by atoms with Crippen molar-refractivity contribution >= 4 is 6.03 Å². The van der Waals surface area contributed by atoms with Crippen LogP contribution in [0.15, 0.2) is 48.8 Å². The summed E-state index contributed by atoms with van der Waals surface area (Å²) in [6.45, 7) is 4.56. The quantitative estimate of drug-likeness (QED) is 0.906. The molecule has 1 aromatic carbocycles. The number of ether oxygens (including phenoxy) is 1. The molecule has 3 rings (SSSR count). The first kappa shape index (κ1) is 17.2. The molecule has 1 aromatic heterocycles. The molecule has 132 valence electrons.